The molecule has 0 saturated carbocycles. The number of carbonyl (C=O) groups excluding carboxylic acids is 1. The first kappa shape index (κ1) is 14.3. The van der Waals surface area contributed by atoms with Crippen molar-refractivity contribution in [2.45, 2.75) is 0 Å². The minimum atomic E-state index is 0.291. The lowest BCUT2D eigenvalue weighted by molar-refractivity contribution is 0.110. The van der Waals surface area contributed by atoms with E-state index in [0.29, 0.717) is 29.3 Å². The first-order valence-corrected chi connectivity index (χ1v) is 7.37. The molecule has 0 aliphatic heterocycles. The molecule has 0 amide bonds. The highest BCUT2D eigenvalue weighted by atomic mass is 16.5. The summed E-state index contributed by atoms with van der Waals surface area (Å²) in [5.41, 5.74) is 3.06. The highest BCUT2D eigenvalue weighted by Crippen LogP contribution is 2.30. The number of benzene rings is 2. The lowest BCUT2D eigenvalue weighted by atomic mass is 10.1. The standard InChI is InChI=1S/C19H13NO4/c1-22-14-4-2-3-13(9-14)19-20-16-7-5-12(10-18(16)24-19)17-8-6-15(11-21)23-17/h2-11H,1H3. The zero-order chi connectivity index (χ0) is 16.5. The number of oxazole rings is 1. The second-order valence-electron chi connectivity index (χ2n) is 5.25. The highest BCUT2D eigenvalue weighted by Gasteiger charge is 2.11. The number of methoxy groups -OCH3 is 1. The Morgan fingerprint density at radius 1 is 1.00 bits per heavy atom. The lowest BCUT2D eigenvalue weighted by Crippen LogP contribution is -1.83. The molecule has 2 aromatic heterocycles. The van der Waals surface area contributed by atoms with Gasteiger partial charge in [-0.25, -0.2) is 4.98 Å². The van der Waals surface area contributed by atoms with Crippen LogP contribution in [0.15, 0.2) is 63.4 Å². The fourth-order valence-corrected chi connectivity index (χ4v) is 2.53. The Balaban J connectivity index is 1.76. The van der Waals surface area contributed by atoms with Gasteiger partial charge in [0.05, 0.1) is 7.11 Å². The van der Waals surface area contributed by atoms with Crippen LogP contribution < -0.4 is 4.74 Å². The molecule has 5 heteroatoms. The Morgan fingerprint density at radius 3 is 2.71 bits per heavy atom. The van der Waals surface area contributed by atoms with E-state index in [1.54, 1.807) is 19.2 Å². The maximum Gasteiger partial charge on any atom is 0.227 e. The second-order valence-corrected chi connectivity index (χ2v) is 5.25. The molecular weight excluding hydrogens is 306 g/mol. The summed E-state index contributed by atoms with van der Waals surface area (Å²) in [7, 11) is 1.62. The fourth-order valence-electron chi connectivity index (χ4n) is 2.53. The van der Waals surface area contributed by atoms with Gasteiger partial charge in [0.1, 0.15) is 17.0 Å². The number of nitrogens with zero attached hydrogens (tertiary/aromatic N) is 1. The maximum atomic E-state index is 10.7. The quantitative estimate of drug-likeness (QED) is 0.515. The fraction of sp³-hybridized carbons (Fsp3) is 0.0526. The van der Waals surface area contributed by atoms with Gasteiger partial charge in [-0.2, -0.15) is 0 Å². The Morgan fingerprint density at radius 2 is 1.92 bits per heavy atom. The minimum Gasteiger partial charge on any atom is -0.497 e. The summed E-state index contributed by atoms with van der Waals surface area (Å²) in [6.07, 6.45) is 0.678. The molecule has 0 unspecified atom stereocenters. The molecule has 0 atom stereocenters. The summed E-state index contributed by atoms with van der Waals surface area (Å²) in [5, 5.41) is 0. The van der Waals surface area contributed by atoms with Gasteiger partial charge in [-0.05, 0) is 48.5 Å². The molecule has 0 saturated heterocycles. The predicted octanol–water partition coefficient (Wildman–Crippen LogP) is 4.58. The van der Waals surface area contributed by atoms with Gasteiger partial charge in [0.2, 0.25) is 5.89 Å². The van der Waals surface area contributed by atoms with E-state index in [2.05, 4.69) is 4.98 Å². The molecule has 5 nitrogen and oxygen atoms in total. The molecule has 0 N–H and O–H groups in total. The topological polar surface area (TPSA) is 65.5 Å². The number of rotatable bonds is 4. The molecule has 4 rings (SSSR count). The molecule has 0 bridgehead atoms. The molecule has 2 aromatic carbocycles. The van der Waals surface area contributed by atoms with Crippen molar-refractivity contribution in [3.8, 4) is 28.5 Å². The van der Waals surface area contributed by atoms with E-state index < -0.39 is 0 Å². The summed E-state index contributed by atoms with van der Waals surface area (Å²) in [6.45, 7) is 0. The zero-order valence-corrected chi connectivity index (χ0v) is 12.9. The monoisotopic (exact) mass is 319 g/mol. The van der Waals surface area contributed by atoms with Crippen molar-refractivity contribution in [2.24, 2.45) is 0 Å². The molecule has 4 aromatic rings. The lowest BCUT2D eigenvalue weighted by Gasteiger charge is -2.00. The SMILES string of the molecule is COc1cccc(-c2nc3ccc(-c4ccc(C=O)o4)cc3o2)c1. The van der Waals surface area contributed by atoms with Gasteiger partial charge >= 0.3 is 0 Å². The molecule has 2 heterocycles. The largest absolute Gasteiger partial charge is 0.497 e. The minimum absolute atomic E-state index is 0.291. The van der Waals surface area contributed by atoms with Crippen LogP contribution in [0, 0.1) is 0 Å². The Kier molecular flexibility index (Phi) is 3.39. The molecule has 24 heavy (non-hydrogen) atoms. The molecule has 0 radical (unpaired) electrons. The van der Waals surface area contributed by atoms with Crippen molar-refractivity contribution in [1.82, 2.24) is 4.98 Å². The van der Waals surface area contributed by atoms with Crippen molar-refractivity contribution in [1.29, 1.82) is 0 Å². The van der Waals surface area contributed by atoms with Crippen molar-refractivity contribution in [3.63, 3.8) is 0 Å². The molecular formula is C19H13NO4. The smallest absolute Gasteiger partial charge is 0.227 e. The number of hydrogen-bond acceptors (Lipinski definition) is 5. The summed E-state index contributed by atoms with van der Waals surface area (Å²) >= 11 is 0. The Hall–Kier alpha value is -3.34. The average Bonchev–Trinajstić information content (AvgIpc) is 3.27. The van der Waals surface area contributed by atoms with E-state index >= 15 is 0 Å². The van der Waals surface area contributed by atoms with Crippen LogP contribution in [-0.2, 0) is 0 Å². The number of ether oxygens (including phenoxy) is 1. The third-order valence-corrected chi connectivity index (χ3v) is 3.73. The van der Waals surface area contributed by atoms with Crippen LogP contribution in [0.25, 0.3) is 33.9 Å². The Labute approximate surface area is 137 Å². The van der Waals surface area contributed by atoms with Crippen LogP contribution in [0.3, 0.4) is 0 Å². The number of aldehydes is 1. The van der Waals surface area contributed by atoms with Crippen LogP contribution in [0.2, 0.25) is 0 Å². The third kappa shape index (κ3) is 2.46. The van der Waals surface area contributed by atoms with Crippen LogP contribution in [0.1, 0.15) is 10.6 Å². The Bertz CT molecular complexity index is 1030. The predicted molar refractivity (Wildman–Crippen MR) is 89.1 cm³/mol. The van der Waals surface area contributed by atoms with Crippen molar-refractivity contribution >= 4 is 17.4 Å². The number of furan rings is 1. The van der Waals surface area contributed by atoms with Crippen LogP contribution in [-0.4, -0.2) is 18.4 Å². The summed E-state index contributed by atoms with van der Waals surface area (Å²) in [6, 6.07) is 16.5. The van der Waals surface area contributed by atoms with Crippen molar-refractivity contribution < 1.29 is 18.4 Å². The average molecular weight is 319 g/mol. The summed E-state index contributed by atoms with van der Waals surface area (Å²) in [4.78, 5) is 15.2. The second kappa shape index (κ2) is 5.70. The van der Waals surface area contributed by atoms with Crippen molar-refractivity contribution in [3.05, 3.63) is 60.4 Å². The van der Waals surface area contributed by atoms with Gasteiger partial charge in [-0.3, -0.25) is 4.79 Å². The van der Waals surface area contributed by atoms with Crippen LogP contribution in [0.5, 0.6) is 5.75 Å². The van der Waals surface area contributed by atoms with E-state index in [0.717, 1.165) is 22.4 Å². The summed E-state index contributed by atoms with van der Waals surface area (Å²) < 4.78 is 16.5. The van der Waals surface area contributed by atoms with Gasteiger partial charge in [-0.15, -0.1) is 0 Å². The van der Waals surface area contributed by atoms with E-state index in [9.17, 15) is 4.79 Å². The normalized spacial score (nSPS) is 10.9. The van der Waals surface area contributed by atoms with Crippen molar-refractivity contribution in [2.75, 3.05) is 7.11 Å². The van der Waals surface area contributed by atoms with Gasteiger partial charge in [-0.1, -0.05) is 6.07 Å². The number of fused-ring (bicyclic) bond motifs is 1. The highest BCUT2D eigenvalue weighted by molar-refractivity contribution is 5.82. The van der Waals surface area contributed by atoms with Crippen LogP contribution in [0.4, 0.5) is 0 Å². The first-order chi connectivity index (χ1) is 11.8. The van der Waals surface area contributed by atoms with E-state index in [1.165, 1.54) is 0 Å². The number of carbonyl (C=O) groups is 1. The van der Waals surface area contributed by atoms with E-state index in [4.69, 9.17) is 13.6 Å². The number of aromatic nitrogens is 1. The van der Waals surface area contributed by atoms with Gasteiger partial charge in [0.25, 0.3) is 0 Å². The van der Waals surface area contributed by atoms with Gasteiger partial charge in [0.15, 0.2) is 17.6 Å². The molecule has 118 valence electrons. The van der Waals surface area contributed by atoms with E-state index in [-0.39, 0.29) is 0 Å². The van der Waals surface area contributed by atoms with E-state index in [1.807, 2.05) is 42.5 Å². The first-order valence-electron chi connectivity index (χ1n) is 7.37. The third-order valence-electron chi connectivity index (χ3n) is 3.73. The molecule has 0 aliphatic carbocycles. The maximum absolute atomic E-state index is 10.7. The summed E-state index contributed by atoms with van der Waals surface area (Å²) in [5.74, 6) is 2.17. The molecule has 0 spiro atoms. The van der Waals surface area contributed by atoms with Gasteiger partial charge in [0, 0.05) is 11.1 Å². The number of hydrogen-bond donors (Lipinski definition) is 0. The van der Waals surface area contributed by atoms with Gasteiger partial charge < -0.3 is 13.6 Å². The van der Waals surface area contributed by atoms with Crippen LogP contribution >= 0.6 is 0 Å². The zero-order valence-electron chi connectivity index (χ0n) is 12.9. The molecule has 0 fully saturated rings. The molecule has 0 aliphatic rings.